The minimum atomic E-state index is -0.336. The predicted molar refractivity (Wildman–Crippen MR) is 99.8 cm³/mol. The average Bonchev–Trinajstić information content (AvgIpc) is 3.14. The zero-order valence-corrected chi connectivity index (χ0v) is 16.0. The molecule has 0 radical (unpaired) electrons. The van der Waals surface area contributed by atoms with Gasteiger partial charge >= 0.3 is 0 Å². The topological polar surface area (TPSA) is 85.6 Å². The maximum Gasteiger partial charge on any atom is 0.239 e. The Balaban J connectivity index is 1.71. The number of aromatic nitrogens is 5. The van der Waals surface area contributed by atoms with Crippen molar-refractivity contribution in [1.29, 1.82) is 0 Å². The van der Waals surface area contributed by atoms with Gasteiger partial charge in [-0.15, -0.1) is 20.4 Å². The number of carbonyl (C=O) groups excluding carboxylic acids is 1. The van der Waals surface area contributed by atoms with Crippen LogP contribution >= 0.6 is 23.1 Å². The summed E-state index contributed by atoms with van der Waals surface area (Å²) in [6.07, 6.45) is 0. The molecule has 130 valence electrons. The standard InChI is InChI=1S/C16H18N6OS2/c1-9-6-5-7-12(8-9)13-19-21-16(22(13)4)24-10(2)14(23)17-15-20-18-11(3)25-15/h5-8,10H,1-4H3,(H,17,20,23). The monoisotopic (exact) mass is 374 g/mol. The molecule has 2 heterocycles. The highest BCUT2D eigenvalue weighted by atomic mass is 32.2. The predicted octanol–water partition coefficient (Wildman–Crippen LogP) is 3.07. The lowest BCUT2D eigenvalue weighted by Crippen LogP contribution is -2.22. The Labute approximate surface area is 153 Å². The fraction of sp³-hybridized carbons (Fsp3) is 0.312. The van der Waals surface area contributed by atoms with E-state index in [1.54, 1.807) is 0 Å². The highest BCUT2D eigenvalue weighted by Crippen LogP contribution is 2.27. The van der Waals surface area contributed by atoms with Gasteiger partial charge in [0.25, 0.3) is 0 Å². The maximum absolute atomic E-state index is 12.3. The van der Waals surface area contributed by atoms with Crippen molar-refractivity contribution < 1.29 is 4.79 Å². The quantitative estimate of drug-likeness (QED) is 0.691. The van der Waals surface area contributed by atoms with Crippen LogP contribution < -0.4 is 5.32 Å². The van der Waals surface area contributed by atoms with E-state index in [0.29, 0.717) is 10.3 Å². The van der Waals surface area contributed by atoms with Crippen molar-refractivity contribution in [2.24, 2.45) is 7.05 Å². The number of hydrogen-bond acceptors (Lipinski definition) is 7. The van der Waals surface area contributed by atoms with E-state index in [1.165, 1.54) is 23.1 Å². The van der Waals surface area contributed by atoms with E-state index in [0.717, 1.165) is 22.0 Å². The normalized spacial score (nSPS) is 12.2. The number of hydrogen-bond donors (Lipinski definition) is 1. The van der Waals surface area contributed by atoms with Gasteiger partial charge in [0, 0.05) is 12.6 Å². The first-order valence-corrected chi connectivity index (χ1v) is 9.37. The lowest BCUT2D eigenvalue weighted by Gasteiger charge is -2.10. The smallest absolute Gasteiger partial charge is 0.239 e. The van der Waals surface area contributed by atoms with Crippen LogP contribution in [0.5, 0.6) is 0 Å². The molecule has 0 saturated carbocycles. The van der Waals surface area contributed by atoms with Crippen molar-refractivity contribution >= 4 is 34.1 Å². The van der Waals surface area contributed by atoms with Crippen LogP contribution in [0.1, 0.15) is 17.5 Å². The minimum absolute atomic E-state index is 0.138. The Morgan fingerprint density at radius 1 is 1.24 bits per heavy atom. The van der Waals surface area contributed by atoms with E-state index < -0.39 is 0 Å². The molecule has 0 fully saturated rings. The number of amides is 1. The van der Waals surface area contributed by atoms with E-state index in [-0.39, 0.29) is 11.2 Å². The molecule has 1 amide bonds. The number of thioether (sulfide) groups is 1. The van der Waals surface area contributed by atoms with Gasteiger partial charge in [0.2, 0.25) is 11.0 Å². The van der Waals surface area contributed by atoms with E-state index in [9.17, 15) is 4.79 Å². The lowest BCUT2D eigenvalue weighted by molar-refractivity contribution is -0.115. The first kappa shape index (κ1) is 17.6. The van der Waals surface area contributed by atoms with Crippen LogP contribution in [-0.2, 0) is 11.8 Å². The molecular formula is C16H18N6OS2. The van der Waals surface area contributed by atoms with Crippen molar-refractivity contribution in [1.82, 2.24) is 25.0 Å². The van der Waals surface area contributed by atoms with Gasteiger partial charge in [-0.1, -0.05) is 46.9 Å². The van der Waals surface area contributed by atoms with Crippen LogP contribution in [0.2, 0.25) is 0 Å². The minimum Gasteiger partial charge on any atom is -0.305 e. The maximum atomic E-state index is 12.3. The third kappa shape index (κ3) is 4.05. The number of nitrogens with zero attached hydrogens (tertiary/aromatic N) is 5. The Morgan fingerprint density at radius 3 is 2.72 bits per heavy atom. The molecule has 0 spiro atoms. The number of nitrogens with one attached hydrogen (secondary N) is 1. The van der Waals surface area contributed by atoms with Crippen molar-refractivity contribution in [3.63, 3.8) is 0 Å². The summed E-state index contributed by atoms with van der Waals surface area (Å²) in [6, 6.07) is 8.09. The van der Waals surface area contributed by atoms with Crippen LogP contribution in [0.3, 0.4) is 0 Å². The summed E-state index contributed by atoms with van der Waals surface area (Å²) < 4.78 is 1.90. The van der Waals surface area contributed by atoms with Gasteiger partial charge in [0.1, 0.15) is 5.01 Å². The van der Waals surface area contributed by atoms with Gasteiger partial charge in [0.05, 0.1) is 5.25 Å². The molecule has 1 unspecified atom stereocenters. The second kappa shape index (κ2) is 7.32. The molecule has 0 aliphatic rings. The van der Waals surface area contributed by atoms with E-state index in [2.05, 4.69) is 31.8 Å². The molecular weight excluding hydrogens is 356 g/mol. The summed E-state index contributed by atoms with van der Waals surface area (Å²) in [5.74, 6) is 0.639. The molecule has 1 N–H and O–H groups in total. The summed E-state index contributed by atoms with van der Waals surface area (Å²) in [5.41, 5.74) is 2.16. The molecule has 0 aliphatic heterocycles. The van der Waals surface area contributed by atoms with Gasteiger partial charge in [-0.2, -0.15) is 0 Å². The highest BCUT2D eigenvalue weighted by Gasteiger charge is 2.20. The largest absolute Gasteiger partial charge is 0.305 e. The summed E-state index contributed by atoms with van der Waals surface area (Å²) in [7, 11) is 1.90. The molecule has 0 saturated heterocycles. The summed E-state index contributed by atoms with van der Waals surface area (Å²) in [5, 5.41) is 20.7. The molecule has 1 aromatic carbocycles. The molecule has 0 aliphatic carbocycles. The Bertz CT molecular complexity index is 904. The average molecular weight is 374 g/mol. The van der Waals surface area contributed by atoms with E-state index in [4.69, 9.17) is 0 Å². The SMILES string of the molecule is Cc1cccc(-c2nnc(SC(C)C(=O)Nc3nnc(C)s3)n2C)c1. The third-order valence-corrected chi connectivity index (χ3v) is 5.41. The lowest BCUT2D eigenvalue weighted by atomic mass is 10.1. The molecule has 25 heavy (non-hydrogen) atoms. The molecule has 2 aromatic heterocycles. The third-order valence-electron chi connectivity index (χ3n) is 3.52. The number of rotatable bonds is 5. The van der Waals surface area contributed by atoms with E-state index in [1.807, 2.05) is 50.6 Å². The number of carbonyl (C=O) groups is 1. The summed E-state index contributed by atoms with van der Waals surface area (Å²) in [6.45, 7) is 5.71. The highest BCUT2D eigenvalue weighted by molar-refractivity contribution is 8.00. The zero-order valence-electron chi connectivity index (χ0n) is 14.3. The number of aryl methyl sites for hydroxylation is 2. The van der Waals surface area contributed by atoms with Crippen LogP contribution in [0.15, 0.2) is 29.4 Å². The Hall–Kier alpha value is -2.26. The van der Waals surface area contributed by atoms with Gasteiger partial charge in [-0.25, -0.2) is 0 Å². The molecule has 3 rings (SSSR count). The van der Waals surface area contributed by atoms with E-state index >= 15 is 0 Å². The van der Waals surface area contributed by atoms with Gasteiger partial charge < -0.3 is 4.57 Å². The Kier molecular flexibility index (Phi) is 5.14. The number of anilines is 1. The van der Waals surface area contributed by atoms with Crippen molar-refractivity contribution in [3.05, 3.63) is 34.8 Å². The van der Waals surface area contributed by atoms with Crippen LogP contribution in [0, 0.1) is 13.8 Å². The molecule has 3 aromatic rings. The molecule has 7 nitrogen and oxygen atoms in total. The molecule has 1 atom stereocenters. The number of benzene rings is 1. The van der Waals surface area contributed by atoms with Crippen molar-refractivity contribution in [3.8, 4) is 11.4 Å². The Morgan fingerprint density at radius 2 is 2.04 bits per heavy atom. The van der Waals surface area contributed by atoms with Crippen molar-refractivity contribution in [2.45, 2.75) is 31.2 Å². The second-order valence-electron chi connectivity index (χ2n) is 5.61. The van der Waals surface area contributed by atoms with Gasteiger partial charge in [-0.3, -0.25) is 10.1 Å². The second-order valence-corrected chi connectivity index (χ2v) is 8.10. The van der Waals surface area contributed by atoms with Crippen LogP contribution in [0.25, 0.3) is 11.4 Å². The van der Waals surface area contributed by atoms with Crippen LogP contribution in [-0.4, -0.2) is 36.1 Å². The van der Waals surface area contributed by atoms with Gasteiger partial charge in [0.15, 0.2) is 11.0 Å². The van der Waals surface area contributed by atoms with Crippen molar-refractivity contribution in [2.75, 3.05) is 5.32 Å². The summed E-state index contributed by atoms with van der Waals surface area (Å²) >= 11 is 2.71. The zero-order chi connectivity index (χ0) is 18.0. The first-order chi connectivity index (χ1) is 11.9. The van der Waals surface area contributed by atoms with Crippen LogP contribution in [0.4, 0.5) is 5.13 Å². The fourth-order valence-electron chi connectivity index (χ4n) is 2.22. The van der Waals surface area contributed by atoms with Gasteiger partial charge in [-0.05, 0) is 26.8 Å². The fourth-order valence-corrected chi connectivity index (χ4v) is 3.63. The molecule has 0 bridgehead atoms. The molecule has 9 heteroatoms. The first-order valence-electron chi connectivity index (χ1n) is 7.68. The summed E-state index contributed by atoms with van der Waals surface area (Å²) in [4.78, 5) is 12.3.